The van der Waals surface area contributed by atoms with Crippen LogP contribution in [0.2, 0.25) is 0 Å². The molecule has 0 amide bonds. The molecule has 5 aromatic heterocycles. The fraction of sp³-hybridized carbons (Fsp3) is 0.300. The number of pyridine rings is 3. The Bertz CT molecular complexity index is 1780. The lowest BCUT2D eigenvalue weighted by Gasteiger charge is -2.51. The van der Waals surface area contributed by atoms with E-state index in [4.69, 9.17) is 15.5 Å². The Hall–Kier alpha value is -4.79. The fourth-order valence-corrected chi connectivity index (χ4v) is 6.36. The second kappa shape index (κ2) is 9.40. The molecule has 3 atom stereocenters. The highest BCUT2D eigenvalue weighted by atomic mass is 16.5. The normalized spacial score (nSPS) is 22.0. The maximum Gasteiger partial charge on any atom is 0.212 e. The van der Waals surface area contributed by atoms with Crippen LogP contribution in [0.3, 0.4) is 0 Å². The van der Waals surface area contributed by atoms with Gasteiger partial charge in [-0.2, -0.15) is 15.5 Å². The van der Waals surface area contributed by atoms with Crippen molar-refractivity contribution in [3.63, 3.8) is 0 Å². The predicted molar refractivity (Wildman–Crippen MR) is 154 cm³/mol. The van der Waals surface area contributed by atoms with E-state index in [0.717, 1.165) is 58.9 Å². The van der Waals surface area contributed by atoms with Crippen molar-refractivity contribution < 1.29 is 4.74 Å². The molecule has 11 heteroatoms. The van der Waals surface area contributed by atoms with Crippen molar-refractivity contribution in [2.24, 2.45) is 12.8 Å². The summed E-state index contributed by atoms with van der Waals surface area (Å²) >= 11 is 0. The van der Waals surface area contributed by atoms with Gasteiger partial charge in [0.1, 0.15) is 11.9 Å². The number of nitriles is 1. The summed E-state index contributed by atoms with van der Waals surface area (Å²) in [6.45, 7) is 4.56. The minimum Gasteiger partial charge on any atom is -0.481 e. The lowest BCUT2D eigenvalue weighted by atomic mass is 9.85. The Morgan fingerprint density at radius 1 is 1.12 bits per heavy atom. The van der Waals surface area contributed by atoms with Gasteiger partial charge in [0.05, 0.1) is 36.1 Å². The molecule has 0 radical (unpaired) electrons. The van der Waals surface area contributed by atoms with Crippen LogP contribution in [0.4, 0.5) is 5.82 Å². The van der Waals surface area contributed by atoms with Crippen LogP contribution in [-0.2, 0) is 13.6 Å². The maximum atomic E-state index is 9.75. The molecular weight excluding hydrogens is 516 g/mol. The van der Waals surface area contributed by atoms with Crippen molar-refractivity contribution in [1.82, 2.24) is 34.3 Å². The van der Waals surface area contributed by atoms with Gasteiger partial charge in [-0.3, -0.25) is 9.58 Å². The molecule has 2 aliphatic rings. The number of aromatic nitrogens is 6. The molecular formula is C30H30N10O. The highest BCUT2D eigenvalue weighted by Crippen LogP contribution is 2.41. The van der Waals surface area contributed by atoms with Gasteiger partial charge in [-0.15, -0.1) is 0 Å². The van der Waals surface area contributed by atoms with Crippen molar-refractivity contribution >= 4 is 11.3 Å². The van der Waals surface area contributed by atoms with E-state index >= 15 is 0 Å². The van der Waals surface area contributed by atoms with Crippen molar-refractivity contribution in [3.05, 3.63) is 78.5 Å². The smallest absolute Gasteiger partial charge is 0.212 e. The number of aryl methyl sites for hydroxylation is 1. The molecule has 2 saturated heterocycles. The molecule has 0 spiro atoms. The van der Waals surface area contributed by atoms with Crippen LogP contribution in [0, 0.1) is 11.3 Å². The van der Waals surface area contributed by atoms with Crippen LogP contribution in [0.25, 0.3) is 27.9 Å². The van der Waals surface area contributed by atoms with Crippen molar-refractivity contribution in [2.45, 2.75) is 31.1 Å². The summed E-state index contributed by atoms with van der Waals surface area (Å²) in [5.41, 5.74) is 12.4. The SMILES string of the molecule is COc1ccc(CN2CC(C)(N)[C@H]3[C@@H]2CN3c2ccc(-c3cc(-c4ccn(C)n4)cn4ncc(C#N)c34)cn2)cn1. The van der Waals surface area contributed by atoms with Gasteiger partial charge < -0.3 is 15.4 Å². The van der Waals surface area contributed by atoms with Gasteiger partial charge in [-0.25, -0.2) is 14.5 Å². The summed E-state index contributed by atoms with van der Waals surface area (Å²) in [6.07, 6.45) is 9.15. The lowest BCUT2D eigenvalue weighted by molar-refractivity contribution is 0.193. The average molecular weight is 547 g/mol. The number of rotatable bonds is 6. The number of likely N-dealkylation sites (tertiary alicyclic amines) is 1. The van der Waals surface area contributed by atoms with Gasteiger partial charge in [-0.1, -0.05) is 6.07 Å². The molecule has 0 aromatic carbocycles. The van der Waals surface area contributed by atoms with Crippen LogP contribution >= 0.6 is 0 Å². The monoisotopic (exact) mass is 546 g/mol. The summed E-state index contributed by atoms with van der Waals surface area (Å²) in [4.78, 5) is 14.0. The van der Waals surface area contributed by atoms with Crippen LogP contribution in [0.15, 0.2) is 67.4 Å². The van der Waals surface area contributed by atoms with E-state index in [1.165, 1.54) is 0 Å². The van der Waals surface area contributed by atoms with Gasteiger partial charge in [0.15, 0.2) is 0 Å². The summed E-state index contributed by atoms with van der Waals surface area (Å²) < 4.78 is 8.71. The average Bonchev–Trinajstić information content (AvgIpc) is 3.62. The first-order valence-corrected chi connectivity index (χ1v) is 13.5. The zero-order valence-electron chi connectivity index (χ0n) is 23.1. The van der Waals surface area contributed by atoms with E-state index < -0.39 is 0 Å². The van der Waals surface area contributed by atoms with Gasteiger partial charge in [-0.05, 0) is 36.8 Å². The Balaban J connectivity index is 1.16. The highest BCUT2D eigenvalue weighted by molar-refractivity contribution is 5.87. The van der Waals surface area contributed by atoms with Crippen LogP contribution in [0.1, 0.15) is 18.1 Å². The van der Waals surface area contributed by atoms with E-state index in [-0.39, 0.29) is 11.6 Å². The third-order valence-corrected chi connectivity index (χ3v) is 8.26. The van der Waals surface area contributed by atoms with Crippen molar-refractivity contribution in [2.75, 3.05) is 25.1 Å². The maximum absolute atomic E-state index is 9.75. The van der Waals surface area contributed by atoms with E-state index in [0.29, 0.717) is 17.5 Å². The van der Waals surface area contributed by atoms with E-state index in [9.17, 15) is 5.26 Å². The zero-order valence-corrected chi connectivity index (χ0v) is 23.1. The number of nitrogens with two attached hydrogens (primary N) is 1. The molecule has 206 valence electrons. The van der Waals surface area contributed by atoms with Crippen LogP contribution in [-0.4, -0.2) is 72.1 Å². The first-order chi connectivity index (χ1) is 19.8. The van der Waals surface area contributed by atoms with Gasteiger partial charge in [0.25, 0.3) is 0 Å². The molecule has 7 heterocycles. The Morgan fingerprint density at radius 3 is 2.68 bits per heavy atom. The predicted octanol–water partition coefficient (Wildman–Crippen LogP) is 2.86. The molecule has 0 aliphatic carbocycles. The molecule has 11 nitrogen and oxygen atoms in total. The molecule has 1 unspecified atom stereocenters. The molecule has 2 aliphatic heterocycles. The molecule has 41 heavy (non-hydrogen) atoms. The first-order valence-electron chi connectivity index (χ1n) is 13.5. The van der Waals surface area contributed by atoms with Gasteiger partial charge in [0, 0.05) is 85.8 Å². The highest BCUT2D eigenvalue weighted by Gasteiger charge is 2.57. The molecule has 0 bridgehead atoms. The largest absolute Gasteiger partial charge is 0.481 e. The Labute approximate surface area is 237 Å². The second-order valence-electron chi connectivity index (χ2n) is 11.2. The first kappa shape index (κ1) is 25.2. The third-order valence-electron chi connectivity index (χ3n) is 8.26. The summed E-state index contributed by atoms with van der Waals surface area (Å²) in [6, 6.07) is 14.8. The molecule has 2 N–H and O–H groups in total. The second-order valence-corrected chi connectivity index (χ2v) is 11.2. The number of nitrogens with zero attached hydrogens (tertiary/aromatic N) is 9. The zero-order chi connectivity index (χ0) is 28.3. The number of anilines is 1. The van der Waals surface area contributed by atoms with Crippen molar-refractivity contribution in [1.29, 1.82) is 5.26 Å². The summed E-state index contributed by atoms with van der Waals surface area (Å²) in [7, 11) is 3.51. The Kier molecular flexibility index (Phi) is 5.78. The minimum absolute atomic E-state index is 0.159. The number of fused-ring (bicyclic) bond motifs is 2. The van der Waals surface area contributed by atoms with E-state index in [1.807, 2.05) is 50.0 Å². The number of ether oxygens (including phenoxy) is 1. The quantitative estimate of drug-likeness (QED) is 0.342. The topological polar surface area (TPSA) is 126 Å². The van der Waals surface area contributed by atoms with Crippen molar-refractivity contribution in [3.8, 4) is 34.3 Å². The minimum atomic E-state index is -0.383. The van der Waals surface area contributed by atoms with E-state index in [2.05, 4.69) is 56.2 Å². The summed E-state index contributed by atoms with van der Waals surface area (Å²) in [5, 5.41) is 18.7. The third kappa shape index (κ3) is 4.20. The summed E-state index contributed by atoms with van der Waals surface area (Å²) in [5.74, 6) is 1.51. The Morgan fingerprint density at radius 2 is 2.00 bits per heavy atom. The molecule has 2 fully saturated rings. The molecule has 5 aromatic rings. The molecule has 7 rings (SSSR count). The van der Waals surface area contributed by atoms with Crippen LogP contribution < -0.4 is 15.4 Å². The van der Waals surface area contributed by atoms with Gasteiger partial charge >= 0.3 is 0 Å². The van der Waals surface area contributed by atoms with Gasteiger partial charge in [0.2, 0.25) is 5.88 Å². The lowest BCUT2D eigenvalue weighted by Crippen LogP contribution is -2.69. The van der Waals surface area contributed by atoms with Crippen LogP contribution in [0.5, 0.6) is 5.88 Å². The fourth-order valence-electron chi connectivity index (χ4n) is 6.36. The standard InChI is InChI=1S/C30H30N10O/c1-30(32)18-38(15-19-4-7-27(41-3)34-12-19)25-17-39(29(25)30)26-6-5-20(13-33-26)23-10-21(24-8-9-37(2)36-24)16-40-28(23)22(11-31)14-35-40/h4-10,12-14,16,25,29H,15,17-18,32H2,1-3H3/t25-,29+,30?/m0/s1. The molecule has 0 saturated carbocycles. The number of hydrogen-bond acceptors (Lipinski definition) is 9. The van der Waals surface area contributed by atoms with E-state index in [1.54, 1.807) is 22.5 Å². The number of methoxy groups -OCH3 is 1. The number of hydrogen-bond donors (Lipinski definition) is 1.